The summed E-state index contributed by atoms with van der Waals surface area (Å²) in [5.41, 5.74) is 14.1. The van der Waals surface area contributed by atoms with E-state index >= 15 is 0 Å². The third-order valence-electron chi connectivity index (χ3n) is 9.89. The normalized spacial score (nSPS) is 19.7. The summed E-state index contributed by atoms with van der Waals surface area (Å²) in [4.78, 5) is 36.3. The van der Waals surface area contributed by atoms with Crippen LogP contribution in [0, 0.1) is 0 Å². The quantitative estimate of drug-likeness (QED) is 0.214. The second kappa shape index (κ2) is 10.0. The average molecular weight is 591 g/mol. The van der Waals surface area contributed by atoms with E-state index in [2.05, 4.69) is 6.07 Å². The van der Waals surface area contributed by atoms with Crippen molar-refractivity contribution in [2.24, 2.45) is 0 Å². The van der Waals surface area contributed by atoms with Gasteiger partial charge in [0, 0.05) is 22.4 Å². The Labute approximate surface area is 250 Å². The van der Waals surface area contributed by atoms with Crippen LogP contribution in [0.5, 0.6) is 0 Å². The molecule has 2 aliphatic heterocycles. The van der Waals surface area contributed by atoms with Crippen molar-refractivity contribution in [3.8, 4) is 0 Å². The van der Waals surface area contributed by atoms with Crippen LogP contribution >= 0.6 is 0 Å². The van der Waals surface area contributed by atoms with Crippen LogP contribution in [0.3, 0.4) is 0 Å². The van der Waals surface area contributed by atoms with E-state index in [1.165, 1.54) is 95.9 Å². The molecule has 0 fully saturated rings. The molecule has 6 aliphatic rings. The Balaban J connectivity index is 0.00000256. The molecule has 8 bridgehead atoms. The second-order valence-corrected chi connectivity index (χ2v) is 12.3. The number of hydrogen-bond donors (Lipinski definition) is 0. The SMILES string of the molecule is [Cu+2].[cH-]1c2nc3nc(nc4[n-]c(nc5nc(nc1c1c2CCCC1)C1=C5CCCC1)c1c4CCCC1)C1=C3CCCC1. The molecule has 1 radical (unpaired) electrons. The van der Waals surface area contributed by atoms with Gasteiger partial charge in [0.2, 0.25) is 0 Å². The summed E-state index contributed by atoms with van der Waals surface area (Å²) in [6.45, 7) is 0. The number of aromatic nitrogens is 7. The summed E-state index contributed by atoms with van der Waals surface area (Å²) in [5, 5.41) is 0. The van der Waals surface area contributed by atoms with Gasteiger partial charge in [-0.05, 0) is 110 Å². The van der Waals surface area contributed by atoms with E-state index in [0.29, 0.717) is 0 Å². The largest absolute Gasteiger partial charge is 2.00 e. The number of rotatable bonds is 0. The summed E-state index contributed by atoms with van der Waals surface area (Å²) < 4.78 is 0. The van der Waals surface area contributed by atoms with Crippen molar-refractivity contribution in [1.29, 1.82) is 0 Å². The van der Waals surface area contributed by atoms with Crippen LogP contribution in [0.25, 0.3) is 44.6 Å². The molecule has 0 N–H and O–H groups in total. The Morgan fingerprint density at radius 2 is 0.732 bits per heavy atom. The Hall–Kier alpha value is -3.09. The zero-order chi connectivity index (χ0) is 26.2. The number of aryl methyl sites for hydroxylation is 4. The smallest absolute Gasteiger partial charge is 0.358 e. The number of fused-ring (bicyclic) bond motifs is 18. The summed E-state index contributed by atoms with van der Waals surface area (Å²) >= 11 is 0. The topological polar surface area (TPSA) is 91.4 Å². The van der Waals surface area contributed by atoms with E-state index in [4.69, 9.17) is 34.9 Å². The first-order valence-corrected chi connectivity index (χ1v) is 15.5. The number of hydrogen-bond acceptors (Lipinski definition) is 6. The maximum Gasteiger partial charge on any atom is 2.00 e. The molecule has 8 heteroatoms. The first-order valence-electron chi connectivity index (χ1n) is 15.5. The van der Waals surface area contributed by atoms with E-state index < -0.39 is 0 Å². The van der Waals surface area contributed by atoms with Crippen LogP contribution in [0.1, 0.15) is 123 Å². The predicted octanol–water partition coefficient (Wildman–Crippen LogP) is 6.64. The third kappa shape index (κ3) is 4.09. The molecule has 7 nitrogen and oxygen atoms in total. The first kappa shape index (κ1) is 25.6. The van der Waals surface area contributed by atoms with Gasteiger partial charge in [0.25, 0.3) is 0 Å². The van der Waals surface area contributed by atoms with Gasteiger partial charge in [-0.25, -0.2) is 9.97 Å². The van der Waals surface area contributed by atoms with Gasteiger partial charge < -0.3 is 15.0 Å². The molecular formula is C33H33CuN7. The van der Waals surface area contributed by atoms with E-state index in [0.717, 1.165) is 97.0 Å². The van der Waals surface area contributed by atoms with Crippen molar-refractivity contribution >= 4 is 44.6 Å². The van der Waals surface area contributed by atoms with Gasteiger partial charge in [0.1, 0.15) is 0 Å². The predicted molar refractivity (Wildman–Crippen MR) is 156 cm³/mol. The van der Waals surface area contributed by atoms with Gasteiger partial charge in [-0.1, -0.05) is 25.7 Å². The van der Waals surface area contributed by atoms with Gasteiger partial charge in [-0.2, -0.15) is 11.1 Å². The summed E-state index contributed by atoms with van der Waals surface area (Å²) in [6.07, 6.45) is 17.7. The molecule has 0 atom stereocenters. The van der Waals surface area contributed by atoms with E-state index in [-0.39, 0.29) is 17.1 Å². The van der Waals surface area contributed by atoms with Crippen molar-refractivity contribution < 1.29 is 17.1 Å². The molecule has 0 amide bonds. The molecule has 0 spiro atoms. The fourth-order valence-corrected chi connectivity index (χ4v) is 7.86. The van der Waals surface area contributed by atoms with Crippen molar-refractivity contribution in [2.75, 3.05) is 0 Å². The molecule has 0 unspecified atom stereocenters. The maximum atomic E-state index is 5.28. The first-order chi connectivity index (χ1) is 19.8. The standard InChI is InChI=1S/C33H33N7.Cu/c1-2-10-19-18(9-1)26-17-27(19)35-29-21-12-4-6-14-23(21)31(37-29)39-33-25-16-8-7-15-24(25)32(40-33)38-30-22-13-5-3-11-20(22)28(34-26)36-30;/h17H,1-16H2;/q-2;+2. The molecular weight excluding hydrogens is 558 g/mol. The van der Waals surface area contributed by atoms with Gasteiger partial charge in [-0.15, -0.1) is 6.07 Å². The average Bonchev–Trinajstić information content (AvgIpc) is 3.73. The fourth-order valence-electron chi connectivity index (χ4n) is 7.86. The van der Waals surface area contributed by atoms with Crippen LogP contribution in [0.2, 0.25) is 0 Å². The second-order valence-electron chi connectivity index (χ2n) is 12.3. The monoisotopic (exact) mass is 590 g/mol. The van der Waals surface area contributed by atoms with Crippen molar-refractivity contribution in [3.63, 3.8) is 0 Å². The molecule has 9 rings (SSSR count). The Morgan fingerprint density at radius 1 is 0.390 bits per heavy atom. The van der Waals surface area contributed by atoms with Crippen LogP contribution in [-0.2, 0) is 42.8 Å². The number of allylic oxidation sites excluding steroid dienone is 4. The van der Waals surface area contributed by atoms with Crippen LogP contribution < -0.4 is 4.98 Å². The molecule has 0 saturated heterocycles. The van der Waals surface area contributed by atoms with Gasteiger partial charge in [-0.3, -0.25) is 9.97 Å². The molecule has 4 aliphatic carbocycles. The Bertz CT molecular complexity index is 1570. The third-order valence-corrected chi connectivity index (χ3v) is 9.89. The molecule has 3 aromatic rings. The van der Waals surface area contributed by atoms with Gasteiger partial charge >= 0.3 is 17.1 Å². The minimum atomic E-state index is 0. The molecule has 2 aromatic heterocycles. The minimum Gasteiger partial charge on any atom is -0.358 e. The molecule has 41 heavy (non-hydrogen) atoms. The fraction of sp³-hybridized carbons (Fsp3) is 0.485. The zero-order valence-corrected chi connectivity index (χ0v) is 24.3. The van der Waals surface area contributed by atoms with Crippen LogP contribution in [0.15, 0.2) is 6.07 Å². The summed E-state index contributed by atoms with van der Waals surface area (Å²) in [5.74, 6) is 3.38. The molecule has 1 aromatic carbocycles. The summed E-state index contributed by atoms with van der Waals surface area (Å²) in [6, 6.07) is 2.21. The minimum absolute atomic E-state index is 0. The van der Waals surface area contributed by atoms with E-state index in [1.54, 1.807) is 0 Å². The van der Waals surface area contributed by atoms with Gasteiger partial charge in [0.05, 0.1) is 11.6 Å². The van der Waals surface area contributed by atoms with Crippen molar-refractivity contribution in [2.45, 2.75) is 103 Å². The van der Waals surface area contributed by atoms with Crippen molar-refractivity contribution in [1.82, 2.24) is 34.9 Å². The van der Waals surface area contributed by atoms with Crippen LogP contribution in [-0.4, -0.2) is 29.9 Å². The summed E-state index contributed by atoms with van der Waals surface area (Å²) in [7, 11) is 0. The van der Waals surface area contributed by atoms with Crippen molar-refractivity contribution in [3.05, 3.63) is 51.6 Å². The molecule has 211 valence electrons. The van der Waals surface area contributed by atoms with E-state index in [9.17, 15) is 0 Å². The van der Waals surface area contributed by atoms with Crippen LogP contribution in [0.4, 0.5) is 0 Å². The maximum absolute atomic E-state index is 5.28. The number of nitrogens with zero attached hydrogens (tertiary/aromatic N) is 7. The van der Waals surface area contributed by atoms with Gasteiger partial charge in [0.15, 0.2) is 11.6 Å². The zero-order valence-electron chi connectivity index (χ0n) is 23.3. The molecule has 0 saturated carbocycles. The Morgan fingerprint density at radius 3 is 1.15 bits per heavy atom. The molecule has 4 heterocycles. The van der Waals surface area contributed by atoms with E-state index in [1.807, 2.05) is 0 Å². The Kier molecular flexibility index (Phi) is 6.26.